The van der Waals surface area contributed by atoms with Crippen LogP contribution in [0.5, 0.6) is 11.5 Å². The van der Waals surface area contributed by atoms with Crippen LogP contribution in [0.1, 0.15) is 30.0 Å². The minimum absolute atomic E-state index is 0. The molecule has 5 heteroatoms. The lowest BCUT2D eigenvalue weighted by molar-refractivity contribution is -0.0454. The van der Waals surface area contributed by atoms with Crippen LogP contribution in [0.3, 0.4) is 0 Å². The first-order valence-electron chi connectivity index (χ1n) is 8.69. The third-order valence-corrected chi connectivity index (χ3v) is 6.75. The van der Waals surface area contributed by atoms with Crippen molar-refractivity contribution in [1.82, 2.24) is 4.90 Å². The van der Waals surface area contributed by atoms with Crippen LogP contribution < -0.4 is 4.74 Å². The quantitative estimate of drug-likeness (QED) is 0.763. The third kappa shape index (κ3) is 1.67. The van der Waals surface area contributed by atoms with E-state index >= 15 is 0 Å². The first-order valence-corrected chi connectivity index (χ1v) is 8.69. The molecule has 0 unspecified atom stereocenters. The highest BCUT2D eigenvalue weighted by Crippen LogP contribution is 2.62. The van der Waals surface area contributed by atoms with Gasteiger partial charge in [-0.15, -0.1) is 12.4 Å². The molecule has 2 aliphatic carbocycles. The van der Waals surface area contributed by atoms with Crippen molar-refractivity contribution in [2.75, 3.05) is 13.6 Å². The molecule has 2 bridgehead atoms. The van der Waals surface area contributed by atoms with E-state index in [0.717, 1.165) is 25.8 Å². The van der Waals surface area contributed by atoms with Gasteiger partial charge in [0.15, 0.2) is 11.5 Å². The molecule has 2 N–H and O–H groups in total. The van der Waals surface area contributed by atoms with Crippen molar-refractivity contribution in [3.8, 4) is 11.5 Å². The summed E-state index contributed by atoms with van der Waals surface area (Å²) in [6.45, 7) is 3.15. The molecule has 24 heavy (non-hydrogen) atoms. The monoisotopic (exact) mass is 349 g/mol. The van der Waals surface area contributed by atoms with Crippen molar-refractivity contribution >= 4 is 12.4 Å². The van der Waals surface area contributed by atoms with E-state index < -0.39 is 6.10 Å². The summed E-state index contributed by atoms with van der Waals surface area (Å²) < 4.78 is 6.19. The zero-order valence-electron chi connectivity index (χ0n) is 14.0. The maximum Gasteiger partial charge on any atom is 0.165 e. The van der Waals surface area contributed by atoms with E-state index in [-0.39, 0.29) is 29.7 Å². The number of hydrogen-bond acceptors (Lipinski definition) is 4. The fraction of sp³-hybridized carbons (Fsp3) is 0.579. The Hall–Kier alpha value is -1.23. The largest absolute Gasteiger partial charge is 0.504 e. The molecule has 4 nitrogen and oxygen atoms in total. The van der Waals surface area contributed by atoms with Gasteiger partial charge in [-0.25, -0.2) is 0 Å². The molecule has 4 aliphatic rings. The fourth-order valence-corrected chi connectivity index (χ4v) is 5.71. The lowest BCUT2D eigenvalue weighted by atomic mass is 9.53. The number of aliphatic hydroxyl groups excluding tert-OH is 1. The Bertz CT molecular complexity index is 734. The van der Waals surface area contributed by atoms with E-state index in [1.54, 1.807) is 0 Å². The third-order valence-electron chi connectivity index (χ3n) is 6.75. The highest BCUT2D eigenvalue weighted by molar-refractivity contribution is 5.85. The summed E-state index contributed by atoms with van der Waals surface area (Å²) in [5, 5.41) is 21.1. The summed E-state index contributed by atoms with van der Waals surface area (Å²) in [5.74, 6) is 1.24. The van der Waals surface area contributed by atoms with Crippen molar-refractivity contribution in [2.24, 2.45) is 5.92 Å². The number of aromatic hydroxyl groups is 1. The smallest absolute Gasteiger partial charge is 0.165 e. The molecular formula is C19H24ClNO3. The Morgan fingerprint density at radius 1 is 1.38 bits per heavy atom. The fourth-order valence-electron chi connectivity index (χ4n) is 5.71. The van der Waals surface area contributed by atoms with Gasteiger partial charge in [0, 0.05) is 22.9 Å². The molecule has 0 saturated carbocycles. The van der Waals surface area contributed by atoms with E-state index in [9.17, 15) is 10.2 Å². The van der Waals surface area contributed by atoms with Crippen LogP contribution in [-0.2, 0) is 18.3 Å². The Morgan fingerprint density at radius 2 is 2.17 bits per heavy atom. The number of aryl methyl sites for hydroxylation is 1. The van der Waals surface area contributed by atoms with Crippen molar-refractivity contribution in [3.05, 3.63) is 34.9 Å². The maximum absolute atomic E-state index is 10.6. The highest BCUT2D eigenvalue weighted by atomic mass is 35.5. The van der Waals surface area contributed by atoms with E-state index in [2.05, 4.69) is 24.9 Å². The first kappa shape index (κ1) is 16.2. The number of piperidine rings is 1. The second-order valence-corrected chi connectivity index (χ2v) is 7.57. The van der Waals surface area contributed by atoms with Crippen LogP contribution in [0.4, 0.5) is 0 Å². The molecule has 1 aromatic rings. The molecule has 0 aromatic heterocycles. The van der Waals surface area contributed by atoms with Crippen LogP contribution in [0.25, 0.3) is 0 Å². The molecule has 0 amide bonds. The first-order chi connectivity index (χ1) is 11.1. The molecule has 130 valence electrons. The molecular weight excluding hydrogens is 326 g/mol. The Labute approximate surface area is 148 Å². The van der Waals surface area contributed by atoms with Crippen molar-refractivity contribution in [2.45, 2.75) is 49.9 Å². The topological polar surface area (TPSA) is 52.9 Å². The van der Waals surface area contributed by atoms with Crippen molar-refractivity contribution in [1.29, 1.82) is 0 Å². The standard InChI is InChI=1S/C19H23NO3.ClH/c1-3-10-8-15(22)17-16-11(10)9-13-12-4-5-14(21)18(23-17)19(12,16)6-7-20(13)2;/h4-5,8,12-14,18,21-22H,3,6-7,9H2,1-2H3;1H/t12-,13+,14-,18-,19-;/m0./s1. The number of likely N-dealkylation sites (N-methyl/N-ethyl adjacent to an activating group) is 1. The SMILES string of the molecule is CCc1cc(O)c2c3c1C[C@@H]1[C@@H]4C=C[C@H](O)[C@H](O2)[C@]34CCN1C.Cl. The van der Waals surface area contributed by atoms with Gasteiger partial charge >= 0.3 is 0 Å². The Kier molecular flexibility index (Phi) is 3.48. The lowest BCUT2D eigenvalue weighted by Gasteiger charge is -2.56. The number of phenols is 1. The second-order valence-electron chi connectivity index (χ2n) is 7.57. The summed E-state index contributed by atoms with van der Waals surface area (Å²) in [6.07, 6.45) is 6.14. The summed E-state index contributed by atoms with van der Waals surface area (Å²) in [6, 6.07) is 2.32. The highest BCUT2D eigenvalue weighted by Gasteiger charge is 2.64. The maximum atomic E-state index is 10.6. The normalized spacial score (nSPS) is 38.3. The minimum atomic E-state index is -0.599. The van der Waals surface area contributed by atoms with Gasteiger partial charge < -0.3 is 19.8 Å². The van der Waals surface area contributed by atoms with Crippen LogP contribution >= 0.6 is 12.4 Å². The molecule has 1 saturated heterocycles. The zero-order chi connectivity index (χ0) is 15.9. The molecule has 5 rings (SSSR count). The van der Waals surface area contributed by atoms with Gasteiger partial charge in [0.1, 0.15) is 12.2 Å². The number of aliphatic hydroxyl groups is 1. The van der Waals surface area contributed by atoms with Gasteiger partial charge in [0.25, 0.3) is 0 Å². The van der Waals surface area contributed by atoms with Gasteiger partial charge in [-0.1, -0.05) is 19.1 Å². The van der Waals surface area contributed by atoms with Crippen LogP contribution in [0, 0.1) is 5.92 Å². The lowest BCUT2D eigenvalue weighted by Crippen LogP contribution is -2.64. The van der Waals surface area contributed by atoms with Gasteiger partial charge in [0.2, 0.25) is 0 Å². The summed E-state index contributed by atoms with van der Waals surface area (Å²) in [7, 11) is 2.21. The number of ether oxygens (including phenoxy) is 1. The minimum Gasteiger partial charge on any atom is -0.504 e. The number of likely N-dealkylation sites (tertiary alicyclic amines) is 1. The van der Waals surface area contributed by atoms with Crippen LogP contribution in [0.15, 0.2) is 18.2 Å². The van der Waals surface area contributed by atoms with E-state index in [1.165, 1.54) is 16.7 Å². The van der Waals surface area contributed by atoms with Crippen molar-refractivity contribution < 1.29 is 14.9 Å². The predicted octanol–water partition coefficient (Wildman–Crippen LogP) is 2.18. The molecule has 2 aliphatic heterocycles. The molecule has 1 spiro atoms. The Balaban J connectivity index is 0.00000146. The number of hydrogen-bond donors (Lipinski definition) is 2. The summed E-state index contributed by atoms with van der Waals surface area (Å²) in [4.78, 5) is 2.46. The van der Waals surface area contributed by atoms with E-state index in [0.29, 0.717) is 17.7 Å². The summed E-state index contributed by atoms with van der Waals surface area (Å²) >= 11 is 0. The van der Waals surface area contributed by atoms with E-state index in [4.69, 9.17) is 4.74 Å². The number of rotatable bonds is 1. The van der Waals surface area contributed by atoms with Gasteiger partial charge in [0.05, 0.1) is 0 Å². The molecule has 0 radical (unpaired) electrons. The second kappa shape index (κ2) is 5.13. The number of phenolic OH excluding ortho intramolecular Hbond substituents is 1. The molecule has 5 atom stereocenters. The average Bonchev–Trinajstić information content (AvgIpc) is 2.89. The molecule has 1 fully saturated rings. The number of nitrogens with zero attached hydrogens (tertiary/aromatic N) is 1. The number of halogens is 1. The van der Waals surface area contributed by atoms with Gasteiger partial charge in [-0.2, -0.15) is 0 Å². The van der Waals surface area contributed by atoms with Crippen molar-refractivity contribution in [3.63, 3.8) is 0 Å². The van der Waals surface area contributed by atoms with Crippen LogP contribution in [-0.4, -0.2) is 47.0 Å². The Morgan fingerprint density at radius 3 is 2.92 bits per heavy atom. The molecule has 2 heterocycles. The predicted molar refractivity (Wildman–Crippen MR) is 94.2 cm³/mol. The van der Waals surface area contributed by atoms with E-state index in [1.807, 2.05) is 12.1 Å². The van der Waals surface area contributed by atoms with Crippen LogP contribution in [0.2, 0.25) is 0 Å². The molecule has 1 aromatic carbocycles. The van der Waals surface area contributed by atoms with Gasteiger partial charge in [-0.3, -0.25) is 0 Å². The average molecular weight is 350 g/mol. The summed E-state index contributed by atoms with van der Waals surface area (Å²) in [5.41, 5.74) is 3.62. The van der Waals surface area contributed by atoms with Gasteiger partial charge in [-0.05, 0) is 50.0 Å². The zero-order valence-corrected chi connectivity index (χ0v) is 14.8. The number of benzene rings is 1.